The van der Waals surface area contributed by atoms with Crippen LogP contribution in [-0.2, 0) is 11.3 Å². The van der Waals surface area contributed by atoms with E-state index in [2.05, 4.69) is 35.2 Å². The molecule has 1 saturated heterocycles. The predicted molar refractivity (Wildman–Crippen MR) is 78.3 cm³/mol. The smallest absolute Gasteiger partial charge is 0.303 e. The largest absolute Gasteiger partial charge is 0.481 e. The maximum atomic E-state index is 11.1. The van der Waals surface area contributed by atoms with Crippen LogP contribution in [0.3, 0.4) is 0 Å². The molecule has 1 aliphatic carbocycles. The van der Waals surface area contributed by atoms with Gasteiger partial charge in [-0.2, -0.15) is 0 Å². The molecular weight excluding hydrogens is 250 g/mol. The number of aliphatic carboxylic acids is 1. The zero-order chi connectivity index (χ0) is 13.9. The molecule has 0 amide bonds. The fourth-order valence-corrected chi connectivity index (χ4v) is 4.15. The fraction of sp³-hybridized carbons (Fsp3) is 0.588. The molecule has 0 radical (unpaired) electrons. The highest BCUT2D eigenvalue weighted by Crippen LogP contribution is 2.41. The van der Waals surface area contributed by atoms with Gasteiger partial charge in [0.15, 0.2) is 0 Å². The van der Waals surface area contributed by atoms with Crippen molar-refractivity contribution in [2.75, 3.05) is 13.1 Å². The number of nitrogens with zero attached hydrogens (tertiary/aromatic N) is 1. The molecule has 3 heteroatoms. The van der Waals surface area contributed by atoms with Gasteiger partial charge in [-0.3, -0.25) is 9.69 Å². The molecule has 2 aliphatic rings. The molecule has 1 aromatic carbocycles. The third-order valence-electron chi connectivity index (χ3n) is 5.01. The summed E-state index contributed by atoms with van der Waals surface area (Å²) in [6.07, 6.45) is 4.07. The Bertz CT molecular complexity index is 445. The SMILES string of the molecule is O=C(O)CC1C2CCCC1CN(Cc1ccccc1)C2. The number of carboxylic acids is 1. The summed E-state index contributed by atoms with van der Waals surface area (Å²) < 4.78 is 0. The third kappa shape index (κ3) is 3.04. The Morgan fingerprint density at radius 2 is 1.80 bits per heavy atom. The Labute approximate surface area is 120 Å². The van der Waals surface area contributed by atoms with E-state index in [0.29, 0.717) is 24.2 Å². The van der Waals surface area contributed by atoms with E-state index in [-0.39, 0.29) is 0 Å². The quantitative estimate of drug-likeness (QED) is 0.916. The molecule has 1 aliphatic heterocycles. The maximum absolute atomic E-state index is 11.1. The van der Waals surface area contributed by atoms with E-state index in [9.17, 15) is 4.79 Å². The van der Waals surface area contributed by atoms with Gasteiger partial charge in [0.05, 0.1) is 0 Å². The topological polar surface area (TPSA) is 40.5 Å². The van der Waals surface area contributed by atoms with Crippen LogP contribution in [0.4, 0.5) is 0 Å². The average Bonchev–Trinajstić information content (AvgIpc) is 2.40. The van der Waals surface area contributed by atoms with Gasteiger partial charge < -0.3 is 5.11 Å². The molecule has 2 atom stereocenters. The first-order valence-corrected chi connectivity index (χ1v) is 7.70. The van der Waals surface area contributed by atoms with Crippen LogP contribution in [-0.4, -0.2) is 29.1 Å². The lowest BCUT2D eigenvalue weighted by molar-refractivity contribution is -0.140. The van der Waals surface area contributed by atoms with E-state index in [0.717, 1.165) is 19.6 Å². The highest BCUT2D eigenvalue weighted by molar-refractivity contribution is 5.67. The molecule has 2 bridgehead atoms. The molecule has 1 N–H and O–H groups in total. The molecule has 3 rings (SSSR count). The molecule has 2 unspecified atom stereocenters. The minimum atomic E-state index is -0.622. The maximum Gasteiger partial charge on any atom is 0.303 e. The number of likely N-dealkylation sites (tertiary alicyclic amines) is 1. The normalized spacial score (nSPS) is 30.1. The van der Waals surface area contributed by atoms with Gasteiger partial charge in [0.2, 0.25) is 0 Å². The van der Waals surface area contributed by atoms with E-state index in [1.54, 1.807) is 0 Å². The van der Waals surface area contributed by atoms with Gasteiger partial charge >= 0.3 is 5.97 Å². The Morgan fingerprint density at radius 1 is 1.15 bits per heavy atom. The van der Waals surface area contributed by atoms with Gasteiger partial charge in [-0.15, -0.1) is 0 Å². The number of carboxylic acid groups (broad SMARTS) is 1. The summed E-state index contributed by atoms with van der Waals surface area (Å²) in [6, 6.07) is 10.6. The van der Waals surface area contributed by atoms with Crippen LogP contribution in [0.25, 0.3) is 0 Å². The van der Waals surface area contributed by atoms with Crippen LogP contribution >= 0.6 is 0 Å². The summed E-state index contributed by atoms with van der Waals surface area (Å²) in [4.78, 5) is 13.6. The van der Waals surface area contributed by atoms with E-state index in [1.807, 2.05) is 0 Å². The van der Waals surface area contributed by atoms with Crippen LogP contribution in [0.2, 0.25) is 0 Å². The standard InChI is InChI=1S/C17H23NO2/c19-17(20)9-16-14-7-4-8-15(16)12-18(11-14)10-13-5-2-1-3-6-13/h1-3,5-6,14-16H,4,7-12H2,(H,19,20). The van der Waals surface area contributed by atoms with Crippen LogP contribution < -0.4 is 0 Å². The second kappa shape index (κ2) is 5.96. The summed E-state index contributed by atoms with van der Waals surface area (Å²) in [7, 11) is 0. The van der Waals surface area contributed by atoms with E-state index < -0.39 is 5.97 Å². The van der Waals surface area contributed by atoms with Crippen molar-refractivity contribution in [1.82, 2.24) is 4.90 Å². The first kappa shape index (κ1) is 13.6. The van der Waals surface area contributed by atoms with Crippen molar-refractivity contribution in [2.45, 2.75) is 32.2 Å². The van der Waals surface area contributed by atoms with Crippen molar-refractivity contribution in [1.29, 1.82) is 0 Å². The highest BCUT2D eigenvalue weighted by Gasteiger charge is 2.40. The molecule has 0 aromatic heterocycles. The van der Waals surface area contributed by atoms with Gasteiger partial charge in [-0.05, 0) is 36.2 Å². The molecule has 0 spiro atoms. The number of rotatable bonds is 4. The zero-order valence-corrected chi connectivity index (χ0v) is 11.9. The van der Waals surface area contributed by atoms with Crippen molar-refractivity contribution < 1.29 is 9.90 Å². The number of hydrogen-bond acceptors (Lipinski definition) is 2. The Hall–Kier alpha value is -1.35. The van der Waals surface area contributed by atoms with Gasteiger partial charge in [-0.25, -0.2) is 0 Å². The molecular formula is C17H23NO2. The number of piperidine rings is 1. The molecule has 20 heavy (non-hydrogen) atoms. The minimum Gasteiger partial charge on any atom is -0.481 e. The summed E-state index contributed by atoms with van der Waals surface area (Å²) in [5.74, 6) is 0.960. The molecule has 1 heterocycles. The van der Waals surface area contributed by atoms with E-state index in [1.165, 1.54) is 24.8 Å². The summed E-state index contributed by atoms with van der Waals surface area (Å²) in [5, 5.41) is 9.11. The molecule has 2 fully saturated rings. The van der Waals surface area contributed by atoms with Crippen molar-refractivity contribution in [3.63, 3.8) is 0 Å². The van der Waals surface area contributed by atoms with Crippen molar-refractivity contribution in [2.24, 2.45) is 17.8 Å². The van der Waals surface area contributed by atoms with Crippen molar-refractivity contribution in [3.8, 4) is 0 Å². The third-order valence-corrected chi connectivity index (χ3v) is 5.01. The molecule has 1 saturated carbocycles. The van der Waals surface area contributed by atoms with E-state index in [4.69, 9.17) is 5.11 Å². The number of benzene rings is 1. The predicted octanol–water partition coefficient (Wildman–Crippen LogP) is 3.01. The van der Waals surface area contributed by atoms with Crippen molar-refractivity contribution >= 4 is 5.97 Å². The minimum absolute atomic E-state index is 0.370. The number of fused-ring (bicyclic) bond motifs is 2. The lowest BCUT2D eigenvalue weighted by Gasteiger charge is -2.47. The fourth-order valence-electron chi connectivity index (χ4n) is 4.15. The summed E-state index contributed by atoms with van der Waals surface area (Å²) in [6.45, 7) is 3.15. The zero-order valence-electron chi connectivity index (χ0n) is 11.9. The van der Waals surface area contributed by atoms with Crippen LogP contribution in [0.1, 0.15) is 31.2 Å². The second-order valence-corrected chi connectivity index (χ2v) is 6.39. The number of hydrogen-bond donors (Lipinski definition) is 1. The Kier molecular flexibility index (Phi) is 4.06. The molecule has 1 aromatic rings. The first-order valence-electron chi connectivity index (χ1n) is 7.70. The Balaban J connectivity index is 1.66. The number of carbonyl (C=O) groups is 1. The first-order chi connectivity index (χ1) is 9.72. The summed E-state index contributed by atoms with van der Waals surface area (Å²) >= 11 is 0. The van der Waals surface area contributed by atoms with Crippen LogP contribution in [0.5, 0.6) is 0 Å². The monoisotopic (exact) mass is 273 g/mol. The molecule has 108 valence electrons. The second-order valence-electron chi connectivity index (χ2n) is 6.39. The van der Waals surface area contributed by atoms with Gasteiger partial charge in [0.25, 0.3) is 0 Å². The lowest BCUT2D eigenvalue weighted by Crippen LogP contribution is -2.48. The molecule has 3 nitrogen and oxygen atoms in total. The lowest BCUT2D eigenvalue weighted by atomic mass is 9.67. The van der Waals surface area contributed by atoms with Crippen LogP contribution in [0, 0.1) is 17.8 Å². The van der Waals surface area contributed by atoms with Crippen LogP contribution in [0.15, 0.2) is 30.3 Å². The van der Waals surface area contributed by atoms with Gasteiger partial charge in [0.1, 0.15) is 0 Å². The van der Waals surface area contributed by atoms with Gasteiger partial charge in [-0.1, -0.05) is 36.8 Å². The Morgan fingerprint density at radius 3 is 2.40 bits per heavy atom. The van der Waals surface area contributed by atoms with Crippen molar-refractivity contribution in [3.05, 3.63) is 35.9 Å². The average molecular weight is 273 g/mol. The van der Waals surface area contributed by atoms with E-state index >= 15 is 0 Å². The highest BCUT2D eigenvalue weighted by atomic mass is 16.4. The van der Waals surface area contributed by atoms with Gasteiger partial charge in [0, 0.05) is 26.1 Å². The summed E-state index contributed by atoms with van der Waals surface area (Å²) in [5.41, 5.74) is 1.36.